The zero-order valence-corrected chi connectivity index (χ0v) is 15.2. The number of aromatic nitrogens is 1. The Morgan fingerprint density at radius 1 is 0.840 bits per heavy atom. The molecule has 0 aliphatic heterocycles. The molecule has 25 heavy (non-hydrogen) atoms. The molecule has 1 aromatic heterocycles. The van der Waals surface area contributed by atoms with Crippen LogP contribution in [0.3, 0.4) is 0 Å². The van der Waals surface area contributed by atoms with Crippen LogP contribution in [0, 0.1) is 0 Å². The van der Waals surface area contributed by atoms with Crippen molar-refractivity contribution >= 4 is 23.5 Å². The summed E-state index contributed by atoms with van der Waals surface area (Å²) in [5, 5.41) is 2.98. The molecule has 1 heterocycles. The highest BCUT2D eigenvalue weighted by atomic mass is 32.1. The average Bonchev–Trinajstić information content (AvgIpc) is 3.15. The quantitative estimate of drug-likeness (QED) is 0.625. The largest absolute Gasteiger partial charge is 0.497 e. The Morgan fingerprint density at radius 2 is 1.60 bits per heavy atom. The van der Waals surface area contributed by atoms with Gasteiger partial charge in [-0.3, -0.25) is 0 Å². The summed E-state index contributed by atoms with van der Waals surface area (Å²) in [6.45, 7) is 0. The SMILES string of the molecule is COc1ccc(/C=C/c2nc(-c3ccc(OC)c(OC)c3)cs2)cc1. The van der Waals surface area contributed by atoms with Gasteiger partial charge in [-0.05, 0) is 42.0 Å². The smallest absolute Gasteiger partial charge is 0.161 e. The fourth-order valence-corrected chi connectivity index (χ4v) is 3.09. The molecule has 0 aliphatic rings. The number of nitrogens with zero attached hydrogens (tertiary/aromatic N) is 1. The van der Waals surface area contributed by atoms with Crippen LogP contribution in [-0.2, 0) is 0 Å². The van der Waals surface area contributed by atoms with E-state index in [0.29, 0.717) is 11.5 Å². The van der Waals surface area contributed by atoms with Crippen LogP contribution in [0.5, 0.6) is 17.2 Å². The van der Waals surface area contributed by atoms with E-state index < -0.39 is 0 Å². The number of benzene rings is 2. The van der Waals surface area contributed by atoms with Gasteiger partial charge in [-0.15, -0.1) is 11.3 Å². The summed E-state index contributed by atoms with van der Waals surface area (Å²) in [4.78, 5) is 4.67. The molecule has 0 atom stereocenters. The molecule has 0 radical (unpaired) electrons. The second kappa shape index (κ2) is 7.85. The molecule has 0 saturated carbocycles. The minimum Gasteiger partial charge on any atom is -0.497 e. The van der Waals surface area contributed by atoms with Gasteiger partial charge < -0.3 is 14.2 Å². The van der Waals surface area contributed by atoms with E-state index >= 15 is 0 Å². The summed E-state index contributed by atoms with van der Waals surface area (Å²) in [5.41, 5.74) is 3.02. The van der Waals surface area contributed by atoms with Crippen LogP contribution in [-0.4, -0.2) is 26.3 Å². The van der Waals surface area contributed by atoms with Gasteiger partial charge in [0.05, 0.1) is 27.0 Å². The Kier molecular flexibility index (Phi) is 5.36. The first-order chi connectivity index (χ1) is 12.2. The van der Waals surface area contributed by atoms with E-state index in [1.807, 2.05) is 60.0 Å². The van der Waals surface area contributed by atoms with Gasteiger partial charge in [-0.2, -0.15) is 0 Å². The molecule has 0 bridgehead atoms. The molecule has 0 aliphatic carbocycles. The van der Waals surface area contributed by atoms with Crippen molar-refractivity contribution in [2.75, 3.05) is 21.3 Å². The minimum absolute atomic E-state index is 0.698. The van der Waals surface area contributed by atoms with Crippen molar-refractivity contribution in [2.45, 2.75) is 0 Å². The normalized spacial score (nSPS) is 10.8. The third kappa shape index (κ3) is 4.00. The topological polar surface area (TPSA) is 40.6 Å². The highest BCUT2D eigenvalue weighted by Crippen LogP contribution is 2.32. The molecule has 0 spiro atoms. The lowest BCUT2D eigenvalue weighted by atomic mass is 10.1. The lowest BCUT2D eigenvalue weighted by Crippen LogP contribution is -1.90. The van der Waals surface area contributed by atoms with E-state index in [-0.39, 0.29) is 0 Å². The van der Waals surface area contributed by atoms with Gasteiger partial charge in [-0.25, -0.2) is 4.98 Å². The van der Waals surface area contributed by atoms with Gasteiger partial charge in [0, 0.05) is 10.9 Å². The van der Waals surface area contributed by atoms with Crippen LogP contribution in [0.1, 0.15) is 10.6 Å². The molecule has 0 saturated heterocycles. The van der Waals surface area contributed by atoms with Crippen molar-refractivity contribution in [2.24, 2.45) is 0 Å². The zero-order valence-electron chi connectivity index (χ0n) is 14.4. The number of thiazole rings is 1. The molecule has 3 aromatic rings. The summed E-state index contributed by atoms with van der Waals surface area (Å²) in [6.07, 6.45) is 4.05. The number of ether oxygens (including phenoxy) is 3. The van der Waals surface area contributed by atoms with Crippen molar-refractivity contribution in [1.82, 2.24) is 4.98 Å². The van der Waals surface area contributed by atoms with Crippen LogP contribution in [0.15, 0.2) is 47.8 Å². The van der Waals surface area contributed by atoms with Crippen LogP contribution < -0.4 is 14.2 Å². The molecule has 0 fully saturated rings. The van der Waals surface area contributed by atoms with Gasteiger partial charge in [0.15, 0.2) is 11.5 Å². The van der Waals surface area contributed by atoms with E-state index in [9.17, 15) is 0 Å². The van der Waals surface area contributed by atoms with Gasteiger partial charge in [0.2, 0.25) is 0 Å². The first kappa shape index (κ1) is 17.0. The fourth-order valence-electron chi connectivity index (χ4n) is 2.37. The number of methoxy groups -OCH3 is 3. The van der Waals surface area contributed by atoms with E-state index in [0.717, 1.165) is 27.6 Å². The molecular formula is C20H19NO3S. The van der Waals surface area contributed by atoms with Gasteiger partial charge >= 0.3 is 0 Å². The number of rotatable bonds is 6. The lowest BCUT2D eigenvalue weighted by molar-refractivity contribution is 0.355. The van der Waals surface area contributed by atoms with Crippen molar-refractivity contribution in [3.05, 3.63) is 58.4 Å². The summed E-state index contributed by atoms with van der Waals surface area (Å²) >= 11 is 1.60. The number of hydrogen-bond donors (Lipinski definition) is 0. The first-order valence-corrected chi connectivity index (χ1v) is 8.61. The highest BCUT2D eigenvalue weighted by Gasteiger charge is 2.08. The van der Waals surface area contributed by atoms with Crippen molar-refractivity contribution in [3.63, 3.8) is 0 Å². The van der Waals surface area contributed by atoms with E-state index in [1.54, 1.807) is 32.7 Å². The summed E-state index contributed by atoms with van der Waals surface area (Å²) in [5.74, 6) is 2.26. The Labute approximate surface area is 151 Å². The van der Waals surface area contributed by atoms with E-state index in [4.69, 9.17) is 14.2 Å². The third-order valence-electron chi connectivity index (χ3n) is 3.74. The maximum atomic E-state index is 5.36. The van der Waals surface area contributed by atoms with Gasteiger partial charge in [0.25, 0.3) is 0 Å². The van der Waals surface area contributed by atoms with Crippen LogP contribution in [0.25, 0.3) is 23.4 Å². The van der Waals surface area contributed by atoms with Crippen molar-refractivity contribution in [1.29, 1.82) is 0 Å². The Bertz CT molecular complexity index is 869. The molecule has 0 amide bonds. The fraction of sp³-hybridized carbons (Fsp3) is 0.150. The molecule has 2 aromatic carbocycles. The van der Waals surface area contributed by atoms with Crippen LogP contribution >= 0.6 is 11.3 Å². The van der Waals surface area contributed by atoms with Gasteiger partial charge in [0.1, 0.15) is 10.8 Å². The van der Waals surface area contributed by atoms with Crippen molar-refractivity contribution < 1.29 is 14.2 Å². The zero-order chi connectivity index (χ0) is 17.6. The van der Waals surface area contributed by atoms with Crippen LogP contribution in [0.4, 0.5) is 0 Å². The monoisotopic (exact) mass is 353 g/mol. The summed E-state index contributed by atoms with van der Waals surface area (Å²) in [7, 11) is 4.92. The predicted octanol–water partition coefficient (Wildman–Crippen LogP) is 5.01. The standard InChI is InChI=1S/C20H19NO3S/c1-22-16-8-4-14(5-9-16)6-11-20-21-17(13-25-20)15-7-10-18(23-2)19(12-15)24-3/h4-13H,1-3H3/b11-6+. The van der Waals surface area contributed by atoms with E-state index in [2.05, 4.69) is 4.98 Å². The molecule has 0 unspecified atom stereocenters. The maximum absolute atomic E-state index is 5.36. The highest BCUT2D eigenvalue weighted by molar-refractivity contribution is 7.10. The molecule has 0 N–H and O–H groups in total. The van der Waals surface area contributed by atoms with Gasteiger partial charge in [-0.1, -0.05) is 18.2 Å². The Morgan fingerprint density at radius 3 is 2.28 bits per heavy atom. The second-order valence-electron chi connectivity index (χ2n) is 5.25. The maximum Gasteiger partial charge on any atom is 0.161 e. The summed E-state index contributed by atoms with van der Waals surface area (Å²) < 4.78 is 15.8. The molecule has 128 valence electrons. The third-order valence-corrected chi connectivity index (χ3v) is 4.55. The first-order valence-electron chi connectivity index (χ1n) is 7.73. The molecular weight excluding hydrogens is 334 g/mol. The Balaban J connectivity index is 1.78. The van der Waals surface area contributed by atoms with E-state index in [1.165, 1.54) is 0 Å². The van der Waals surface area contributed by atoms with Crippen LogP contribution in [0.2, 0.25) is 0 Å². The number of hydrogen-bond acceptors (Lipinski definition) is 5. The summed E-state index contributed by atoms with van der Waals surface area (Å²) in [6, 6.07) is 13.7. The Hall–Kier alpha value is -2.79. The molecule has 4 nitrogen and oxygen atoms in total. The minimum atomic E-state index is 0.698. The molecule has 3 rings (SSSR count). The predicted molar refractivity (Wildman–Crippen MR) is 103 cm³/mol. The second-order valence-corrected chi connectivity index (χ2v) is 6.14. The lowest BCUT2D eigenvalue weighted by Gasteiger charge is -2.08. The molecule has 5 heteroatoms. The average molecular weight is 353 g/mol. The van der Waals surface area contributed by atoms with Crippen molar-refractivity contribution in [3.8, 4) is 28.5 Å².